The van der Waals surface area contributed by atoms with Crippen LogP contribution < -0.4 is 5.73 Å². The van der Waals surface area contributed by atoms with E-state index in [1.54, 1.807) is 23.1 Å². The van der Waals surface area contributed by atoms with Crippen molar-refractivity contribution in [2.75, 3.05) is 18.8 Å². The molecule has 0 radical (unpaired) electrons. The van der Waals surface area contributed by atoms with Crippen molar-refractivity contribution in [3.63, 3.8) is 0 Å². The van der Waals surface area contributed by atoms with Gasteiger partial charge in [0.1, 0.15) is 0 Å². The molecule has 2 rings (SSSR count). The van der Waals surface area contributed by atoms with Crippen LogP contribution in [0.5, 0.6) is 0 Å². The summed E-state index contributed by atoms with van der Waals surface area (Å²) >= 11 is 5.96. The number of carbonyl (C=O) groups is 1. The number of anilines is 1. The third-order valence-electron chi connectivity index (χ3n) is 3.14. The predicted octanol–water partition coefficient (Wildman–Crippen LogP) is 2.56. The summed E-state index contributed by atoms with van der Waals surface area (Å²) in [7, 11) is 0. The summed E-state index contributed by atoms with van der Waals surface area (Å²) in [5, 5.41) is 0.409. The van der Waals surface area contributed by atoms with Crippen LogP contribution in [0.2, 0.25) is 5.02 Å². The second kappa shape index (κ2) is 5.02. The number of amides is 1. The number of nitrogen functional groups attached to an aromatic ring is 1. The highest BCUT2D eigenvalue weighted by molar-refractivity contribution is 6.33. The van der Waals surface area contributed by atoms with Crippen molar-refractivity contribution in [1.29, 1.82) is 0 Å². The third-order valence-corrected chi connectivity index (χ3v) is 3.47. The number of nitrogens with two attached hydrogens (primary N) is 1. The van der Waals surface area contributed by atoms with E-state index in [0.717, 1.165) is 0 Å². The van der Waals surface area contributed by atoms with E-state index < -0.39 is 0 Å². The number of hydrogen-bond donors (Lipinski definition) is 1. The SMILES string of the molecule is CC1CN(C(=O)c2cccc(Cl)c2N)CC(C)(C)O1. The highest BCUT2D eigenvalue weighted by Gasteiger charge is 2.34. The van der Waals surface area contributed by atoms with Gasteiger partial charge in [-0.2, -0.15) is 0 Å². The first-order chi connectivity index (χ1) is 8.80. The number of para-hydroxylation sites is 1. The summed E-state index contributed by atoms with van der Waals surface area (Å²) in [5.74, 6) is -0.0942. The standard InChI is InChI=1S/C14H19ClN2O2/c1-9-7-17(8-14(2,3)19-9)13(18)10-5-4-6-11(15)12(10)16/h4-6,9H,7-8,16H2,1-3H3. The van der Waals surface area contributed by atoms with Gasteiger partial charge in [0.25, 0.3) is 5.91 Å². The van der Waals surface area contributed by atoms with Crippen molar-refractivity contribution in [3.05, 3.63) is 28.8 Å². The molecule has 1 unspecified atom stereocenters. The van der Waals surface area contributed by atoms with Crippen molar-refractivity contribution >= 4 is 23.2 Å². The van der Waals surface area contributed by atoms with Crippen LogP contribution >= 0.6 is 11.6 Å². The highest BCUT2D eigenvalue weighted by Crippen LogP contribution is 2.27. The topological polar surface area (TPSA) is 55.6 Å². The molecule has 5 heteroatoms. The third kappa shape index (κ3) is 3.01. The summed E-state index contributed by atoms with van der Waals surface area (Å²) in [6.45, 7) is 7.02. The molecule has 1 aromatic rings. The highest BCUT2D eigenvalue weighted by atomic mass is 35.5. The van der Waals surface area contributed by atoms with Crippen molar-refractivity contribution in [1.82, 2.24) is 4.90 Å². The Balaban J connectivity index is 2.26. The number of benzene rings is 1. The fourth-order valence-electron chi connectivity index (χ4n) is 2.50. The lowest BCUT2D eigenvalue weighted by molar-refractivity contribution is -0.118. The lowest BCUT2D eigenvalue weighted by atomic mass is 10.0. The lowest BCUT2D eigenvalue weighted by Gasteiger charge is -2.41. The maximum atomic E-state index is 12.5. The molecular formula is C14H19ClN2O2. The van der Waals surface area contributed by atoms with E-state index in [-0.39, 0.29) is 17.6 Å². The number of hydrogen-bond acceptors (Lipinski definition) is 3. The fourth-order valence-corrected chi connectivity index (χ4v) is 2.68. The minimum absolute atomic E-state index is 0.00751. The molecule has 1 aliphatic heterocycles. The summed E-state index contributed by atoms with van der Waals surface area (Å²) in [6.07, 6.45) is 0.00751. The van der Waals surface area contributed by atoms with Crippen molar-refractivity contribution in [2.45, 2.75) is 32.5 Å². The van der Waals surface area contributed by atoms with Gasteiger partial charge in [-0.15, -0.1) is 0 Å². The minimum atomic E-state index is -0.347. The zero-order chi connectivity index (χ0) is 14.2. The maximum absolute atomic E-state index is 12.5. The molecule has 1 aliphatic rings. The first-order valence-electron chi connectivity index (χ1n) is 6.31. The molecule has 0 aliphatic carbocycles. The zero-order valence-corrected chi connectivity index (χ0v) is 12.2. The molecule has 1 atom stereocenters. The molecule has 1 fully saturated rings. The van der Waals surface area contributed by atoms with Crippen LogP contribution in [0.3, 0.4) is 0 Å². The second-order valence-corrected chi connectivity index (χ2v) is 5.98. The van der Waals surface area contributed by atoms with Gasteiger partial charge >= 0.3 is 0 Å². The Kier molecular flexibility index (Phi) is 3.74. The molecule has 0 bridgehead atoms. The average molecular weight is 283 g/mol. The molecule has 0 saturated carbocycles. The van der Waals surface area contributed by atoms with Crippen LogP contribution in [0.25, 0.3) is 0 Å². The number of carbonyl (C=O) groups excluding carboxylic acids is 1. The van der Waals surface area contributed by atoms with E-state index in [2.05, 4.69) is 0 Å². The molecule has 2 N–H and O–H groups in total. The molecular weight excluding hydrogens is 264 g/mol. The quantitative estimate of drug-likeness (QED) is 0.806. The van der Waals surface area contributed by atoms with Crippen molar-refractivity contribution < 1.29 is 9.53 Å². The van der Waals surface area contributed by atoms with Crippen LogP contribution in [-0.2, 0) is 4.74 Å². The molecule has 104 valence electrons. The Morgan fingerprint density at radius 1 is 1.53 bits per heavy atom. The van der Waals surface area contributed by atoms with E-state index in [0.29, 0.717) is 29.4 Å². The number of nitrogens with zero attached hydrogens (tertiary/aromatic N) is 1. The molecule has 0 aromatic heterocycles. The van der Waals surface area contributed by atoms with Crippen LogP contribution in [0.1, 0.15) is 31.1 Å². The number of ether oxygens (including phenoxy) is 1. The molecule has 19 heavy (non-hydrogen) atoms. The average Bonchev–Trinajstić information content (AvgIpc) is 2.29. The number of halogens is 1. The van der Waals surface area contributed by atoms with Crippen LogP contribution in [0, 0.1) is 0 Å². The summed E-state index contributed by atoms with van der Waals surface area (Å²) in [6, 6.07) is 5.12. The van der Waals surface area contributed by atoms with E-state index in [1.807, 2.05) is 20.8 Å². The monoisotopic (exact) mass is 282 g/mol. The number of rotatable bonds is 1. The molecule has 1 heterocycles. The molecule has 0 spiro atoms. The van der Waals surface area contributed by atoms with E-state index in [1.165, 1.54) is 0 Å². The summed E-state index contributed by atoms with van der Waals surface area (Å²) < 4.78 is 5.79. The van der Waals surface area contributed by atoms with Gasteiger partial charge in [-0.25, -0.2) is 0 Å². The van der Waals surface area contributed by atoms with Gasteiger partial charge in [-0.3, -0.25) is 4.79 Å². The van der Waals surface area contributed by atoms with Crippen LogP contribution in [0.4, 0.5) is 5.69 Å². The van der Waals surface area contributed by atoms with Gasteiger partial charge in [0.2, 0.25) is 0 Å². The lowest BCUT2D eigenvalue weighted by Crippen LogP contribution is -2.53. The normalized spacial score (nSPS) is 22.3. The molecule has 1 saturated heterocycles. The largest absolute Gasteiger partial charge is 0.397 e. The first kappa shape index (κ1) is 14.2. The van der Waals surface area contributed by atoms with E-state index in [9.17, 15) is 4.79 Å². The molecule has 4 nitrogen and oxygen atoms in total. The summed E-state index contributed by atoms with van der Waals surface area (Å²) in [5.41, 5.74) is 6.33. The Hall–Kier alpha value is -1.26. The molecule has 1 amide bonds. The zero-order valence-electron chi connectivity index (χ0n) is 11.4. The van der Waals surface area contributed by atoms with E-state index >= 15 is 0 Å². The Morgan fingerprint density at radius 3 is 2.84 bits per heavy atom. The smallest absolute Gasteiger partial charge is 0.256 e. The summed E-state index contributed by atoms with van der Waals surface area (Å²) in [4.78, 5) is 14.3. The van der Waals surface area contributed by atoms with Gasteiger partial charge in [0.05, 0.1) is 28.0 Å². The predicted molar refractivity (Wildman–Crippen MR) is 76.4 cm³/mol. The Morgan fingerprint density at radius 2 is 2.21 bits per heavy atom. The van der Waals surface area contributed by atoms with Gasteiger partial charge in [0.15, 0.2) is 0 Å². The number of morpholine rings is 1. The van der Waals surface area contributed by atoms with Crippen molar-refractivity contribution in [2.24, 2.45) is 0 Å². The Labute approximate surface area is 118 Å². The second-order valence-electron chi connectivity index (χ2n) is 5.57. The van der Waals surface area contributed by atoms with Crippen LogP contribution in [-0.4, -0.2) is 35.6 Å². The Bertz CT molecular complexity index is 502. The minimum Gasteiger partial charge on any atom is -0.397 e. The van der Waals surface area contributed by atoms with Gasteiger partial charge in [0, 0.05) is 13.1 Å². The van der Waals surface area contributed by atoms with Gasteiger partial charge in [-0.1, -0.05) is 17.7 Å². The van der Waals surface area contributed by atoms with E-state index in [4.69, 9.17) is 22.1 Å². The fraction of sp³-hybridized carbons (Fsp3) is 0.500. The molecule has 1 aromatic carbocycles. The first-order valence-corrected chi connectivity index (χ1v) is 6.69. The van der Waals surface area contributed by atoms with Gasteiger partial charge < -0.3 is 15.4 Å². The van der Waals surface area contributed by atoms with Crippen LogP contribution in [0.15, 0.2) is 18.2 Å². The van der Waals surface area contributed by atoms with Gasteiger partial charge in [-0.05, 0) is 32.9 Å². The van der Waals surface area contributed by atoms with Crippen molar-refractivity contribution in [3.8, 4) is 0 Å². The maximum Gasteiger partial charge on any atom is 0.256 e.